The summed E-state index contributed by atoms with van der Waals surface area (Å²) in [7, 11) is 0. The fourth-order valence-electron chi connectivity index (χ4n) is 2.52. The molecule has 0 fully saturated rings. The topological polar surface area (TPSA) is 116 Å². The Balaban J connectivity index is 1.73. The van der Waals surface area contributed by atoms with Crippen LogP contribution in [0, 0.1) is 24.0 Å². The van der Waals surface area contributed by atoms with Crippen molar-refractivity contribution in [1.29, 1.82) is 0 Å². The predicted molar refractivity (Wildman–Crippen MR) is 94.5 cm³/mol. The maximum absolute atomic E-state index is 12.2. The fourth-order valence-corrected chi connectivity index (χ4v) is 2.52. The quantitative estimate of drug-likeness (QED) is 0.557. The standard InChI is InChI=1S/C17H16N6O3/c1-11-6-3-4-7-13(11)17-19-21-22(20-17)10-16(24)18-14-8-5-9-15(12(14)2)23(25)26/h3-9H,10H2,1-2H3,(H,18,24). The number of tetrazole rings is 1. The number of aryl methyl sites for hydroxylation is 1. The molecule has 0 saturated heterocycles. The van der Waals surface area contributed by atoms with Crippen molar-refractivity contribution in [1.82, 2.24) is 20.2 Å². The second-order valence-electron chi connectivity index (χ2n) is 5.71. The van der Waals surface area contributed by atoms with Crippen LogP contribution in [-0.2, 0) is 11.3 Å². The highest BCUT2D eigenvalue weighted by Crippen LogP contribution is 2.25. The van der Waals surface area contributed by atoms with Gasteiger partial charge in [-0.25, -0.2) is 0 Å². The lowest BCUT2D eigenvalue weighted by Gasteiger charge is -2.07. The molecule has 9 heteroatoms. The molecule has 1 N–H and O–H groups in total. The summed E-state index contributed by atoms with van der Waals surface area (Å²) in [6.45, 7) is 3.37. The van der Waals surface area contributed by atoms with E-state index in [1.165, 1.54) is 16.9 Å². The van der Waals surface area contributed by atoms with Crippen LogP contribution in [-0.4, -0.2) is 31.0 Å². The van der Waals surface area contributed by atoms with Gasteiger partial charge in [0.1, 0.15) is 6.54 Å². The van der Waals surface area contributed by atoms with E-state index < -0.39 is 10.8 Å². The number of anilines is 1. The number of carbonyl (C=O) groups is 1. The normalized spacial score (nSPS) is 10.5. The van der Waals surface area contributed by atoms with Gasteiger partial charge in [-0.05, 0) is 30.7 Å². The SMILES string of the molecule is Cc1ccccc1-c1nnn(CC(=O)Nc2cccc([N+](=O)[O-])c2C)n1. The first-order valence-corrected chi connectivity index (χ1v) is 7.83. The van der Waals surface area contributed by atoms with E-state index in [1.54, 1.807) is 13.0 Å². The Bertz CT molecular complexity index is 982. The number of nitrogens with zero attached hydrogens (tertiary/aromatic N) is 5. The van der Waals surface area contributed by atoms with Gasteiger partial charge < -0.3 is 5.32 Å². The van der Waals surface area contributed by atoms with Gasteiger partial charge in [0.2, 0.25) is 11.7 Å². The monoisotopic (exact) mass is 352 g/mol. The minimum absolute atomic E-state index is 0.0523. The molecule has 0 spiro atoms. The lowest BCUT2D eigenvalue weighted by Crippen LogP contribution is -2.21. The van der Waals surface area contributed by atoms with Crippen LogP contribution in [0.5, 0.6) is 0 Å². The van der Waals surface area contributed by atoms with Gasteiger partial charge in [0, 0.05) is 11.6 Å². The average molecular weight is 352 g/mol. The molecule has 0 aliphatic heterocycles. The number of amides is 1. The Labute approximate surface area is 148 Å². The van der Waals surface area contributed by atoms with E-state index in [0.29, 0.717) is 17.1 Å². The summed E-state index contributed by atoms with van der Waals surface area (Å²) in [5.41, 5.74) is 2.56. The van der Waals surface area contributed by atoms with Crippen LogP contribution in [0.1, 0.15) is 11.1 Å². The third-order valence-corrected chi connectivity index (χ3v) is 3.90. The van der Waals surface area contributed by atoms with Crippen molar-refractivity contribution in [2.24, 2.45) is 0 Å². The third-order valence-electron chi connectivity index (χ3n) is 3.90. The maximum atomic E-state index is 12.2. The molecule has 0 bridgehead atoms. The van der Waals surface area contributed by atoms with Crippen molar-refractivity contribution in [3.63, 3.8) is 0 Å². The summed E-state index contributed by atoms with van der Waals surface area (Å²) >= 11 is 0. The summed E-state index contributed by atoms with van der Waals surface area (Å²) in [6.07, 6.45) is 0. The maximum Gasteiger partial charge on any atom is 0.274 e. The molecule has 0 radical (unpaired) electrons. The second-order valence-corrected chi connectivity index (χ2v) is 5.71. The smallest absolute Gasteiger partial charge is 0.274 e. The zero-order valence-electron chi connectivity index (χ0n) is 14.2. The van der Waals surface area contributed by atoms with Crippen LogP contribution >= 0.6 is 0 Å². The highest BCUT2D eigenvalue weighted by atomic mass is 16.6. The number of nitro groups is 1. The van der Waals surface area contributed by atoms with Crippen molar-refractivity contribution in [3.05, 3.63) is 63.7 Å². The summed E-state index contributed by atoms with van der Waals surface area (Å²) in [5.74, 6) is 0.0322. The van der Waals surface area contributed by atoms with Crippen LogP contribution in [0.15, 0.2) is 42.5 Å². The minimum Gasteiger partial charge on any atom is -0.324 e. The highest BCUT2D eigenvalue weighted by Gasteiger charge is 2.16. The van der Waals surface area contributed by atoms with Crippen molar-refractivity contribution in [3.8, 4) is 11.4 Å². The van der Waals surface area contributed by atoms with Crippen LogP contribution in [0.3, 0.4) is 0 Å². The molecule has 2 aromatic carbocycles. The summed E-state index contributed by atoms with van der Waals surface area (Å²) < 4.78 is 0. The first-order chi connectivity index (χ1) is 12.5. The van der Waals surface area contributed by atoms with E-state index >= 15 is 0 Å². The number of hydrogen-bond acceptors (Lipinski definition) is 6. The van der Waals surface area contributed by atoms with E-state index in [1.807, 2.05) is 31.2 Å². The van der Waals surface area contributed by atoms with Crippen molar-refractivity contribution in [2.75, 3.05) is 5.32 Å². The second kappa shape index (κ2) is 7.09. The van der Waals surface area contributed by atoms with Gasteiger partial charge in [-0.1, -0.05) is 30.3 Å². The van der Waals surface area contributed by atoms with Gasteiger partial charge in [0.25, 0.3) is 5.69 Å². The molecule has 1 amide bonds. The molecule has 1 heterocycles. The summed E-state index contributed by atoms with van der Waals surface area (Å²) in [4.78, 5) is 23.9. The van der Waals surface area contributed by atoms with Crippen molar-refractivity contribution in [2.45, 2.75) is 20.4 Å². The molecule has 3 rings (SSSR count). The number of hydrogen-bond donors (Lipinski definition) is 1. The van der Waals surface area contributed by atoms with E-state index in [2.05, 4.69) is 20.7 Å². The van der Waals surface area contributed by atoms with Crippen LogP contribution in [0.2, 0.25) is 0 Å². The molecule has 0 atom stereocenters. The van der Waals surface area contributed by atoms with Gasteiger partial charge in [0.05, 0.1) is 16.2 Å². The van der Waals surface area contributed by atoms with E-state index in [4.69, 9.17) is 0 Å². The van der Waals surface area contributed by atoms with E-state index in [-0.39, 0.29) is 12.2 Å². The van der Waals surface area contributed by atoms with Gasteiger partial charge >= 0.3 is 0 Å². The number of rotatable bonds is 5. The Morgan fingerprint density at radius 1 is 1.19 bits per heavy atom. The number of carbonyl (C=O) groups excluding carboxylic acids is 1. The zero-order chi connectivity index (χ0) is 18.7. The Morgan fingerprint density at radius 3 is 2.69 bits per heavy atom. The van der Waals surface area contributed by atoms with E-state index in [0.717, 1.165) is 11.1 Å². The largest absolute Gasteiger partial charge is 0.324 e. The fraction of sp³-hybridized carbons (Fsp3) is 0.176. The van der Waals surface area contributed by atoms with Crippen LogP contribution in [0.25, 0.3) is 11.4 Å². The Kier molecular flexibility index (Phi) is 4.70. The molecule has 1 aromatic heterocycles. The first kappa shape index (κ1) is 17.2. The Morgan fingerprint density at radius 2 is 1.96 bits per heavy atom. The van der Waals surface area contributed by atoms with E-state index in [9.17, 15) is 14.9 Å². The van der Waals surface area contributed by atoms with Crippen LogP contribution in [0.4, 0.5) is 11.4 Å². The molecule has 0 aliphatic rings. The lowest BCUT2D eigenvalue weighted by molar-refractivity contribution is -0.385. The molecule has 3 aromatic rings. The molecular formula is C17H16N6O3. The van der Waals surface area contributed by atoms with Crippen LogP contribution < -0.4 is 5.32 Å². The molecule has 0 aliphatic carbocycles. The first-order valence-electron chi connectivity index (χ1n) is 7.83. The van der Waals surface area contributed by atoms with Crippen molar-refractivity contribution >= 4 is 17.3 Å². The summed E-state index contributed by atoms with van der Waals surface area (Å²) in [5, 5.41) is 25.7. The predicted octanol–water partition coefficient (Wildman–Crippen LogP) is 2.50. The number of benzene rings is 2. The number of nitrogens with one attached hydrogen (secondary N) is 1. The summed E-state index contributed by atoms with van der Waals surface area (Å²) in [6, 6.07) is 12.1. The Hall–Kier alpha value is -3.62. The molecule has 0 saturated carbocycles. The lowest BCUT2D eigenvalue weighted by atomic mass is 10.1. The van der Waals surface area contributed by atoms with Gasteiger partial charge in [-0.2, -0.15) is 4.80 Å². The third kappa shape index (κ3) is 3.56. The highest BCUT2D eigenvalue weighted by molar-refractivity contribution is 5.91. The molecule has 26 heavy (non-hydrogen) atoms. The van der Waals surface area contributed by atoms with Gasteiger partial charge in [0.15, 0.2) is 0 Å². The molecule has 132 valence electrons. The van der Waals surface area contributed by atoms with Gasteiger partial charge in [-0.15, -0.1) is 10.2 Å². The average Bonchev–Trinajstić information content (AvgIpc) is 3.05. The minimum atomic E-state index is -0.488. The van der Waals surface area contributed by atoms with Gasteiger partial charge in [-0.3, -0.25) is 14.9 Å². The zero-order valence-corrected chi connectivity index (χ0v) is 14.2. The van der Waals surface area contributed by atoms with Crippen molar-refractivity contribution < 1.29 is 9.72 Å². The molecule has 9 nitrogen and oxygen atoms in total. The molecular weight excluding hydrogens is 336 g/mol. The number of nitro benzene ring substituents is 1. The number of aromatic nitrogens is 4. The molecule has 0 unspecified atom stereocenters.